The third-order valence-corrected chi connectivity index (χ3v) is 3.04. The van der Waals surface area contributed by atoms with Crippen LogP contribution in [0.5, 0.6) is 11.5 Å². The fourth-order valence-corrected chi connectivity index (χ4v) is 2.05. The molecule has 1 aromatic heterocycles. The first kappa shape index (κ1) is 12.2. The van der Waals surface area contributed by atoms with Gasteiger partial charge in [-0.3, -0.25) is 4.98 Å². The number of nitrogens with two attached hydrogens (primary N) is 1. The SMILES string of the molecule is Cc1ccc(Oc2c(N)cncc2Br)c(Cl)c1. The summed E-state index contributed by atoms with van der Waals surface area (Å²) < 4.78 is 6.37. The lowest BCUT2D eigenvalue weighted by molar-refractivity contribution is 0.481. The average molecular weight is 314 g/mol. The first-order valence-electron chi connectivity index (χ1n) is 4.91. The second-order valence-corrected chi connectivity index (χ2v) is 4.84. The molecule has 0 bridgehead atoms. The molecule has 0 fully saturated rings. The first-order valence-corrected chi connectivity index (χ1v) is 6.08. The maximum absolute atomic E-state index is 6.09. The van der Waals surface area contributed by atoms with Crippen LogP contribution in [0.1, 0.15) is 5.56 Å². The number of aromatic nitrogens is 1. The molecule has 2 rings (SSSR count). The number of halogens is 2. The molecule has 1 heterocycles. The highest BCUT2D eigenvalue weighted by Gasteiger charge is 2.09. The van der Waals surface area contributed by atoms with Crippen molar-refractivity contribution in [3.63, 3.8) is 0 Å². The Labute approximate surface area is 113 Å². The topological polar surface area (TPSA) is 48.1 Å². The van der Waals surface area contributed by atoms with Gasteiger partial charge in [0, 0.05) is 6.20 Å². The van der Waals surface area contributed by atoms with Gasteiger partial charge >= 0.3 is 0 Å². The number of anilines is 1. The molecule has 1 aromatic carbocycles. The highest BCUT2D eigenvalue weighted by atomic mass is 79.9. The lowest BCUT2D eigenvalue weighted by Crippen LogP contribution is -1.94. The number of hydrogen-bond acceptors (Lipinski definition) is 3. The largest absolute Gasteiger partial charge is 0.452 e. The molecule has 5 heteroatoms. The molecule has 2 N–H and O–H groups in total. The minimum atomic E-state index is 0.455. The Morgan fingerprint density at radius 1 is 1.35 bits per heavy atom. The Hall–Kier alpha value is -1.26. The predicted octanol–water partition coefficient (Wildman–Crippen LogP) is 4.18. The molecule has 0 unspecified atom stereocenters. The molecule has 2 aromatic rings. The van der Waals surface area contributed by atoms with Gasteiger partial charge in [-0.1, -0.05) is 17.7 Å². The van der Waals surface area contributed by atoms with E-state index >= 15 is 0 Å². The van der Waals surface area contributed by atoms with Gasteiger partial charge in [0.25, 0.3) is 0 Å². The Morgan fingerprint density at radius 2 is 2.12 bits per heavy atom. The van der Waals surface area contributed by atoms with Crippen LogP contribution in [0, 0.1) is 6.92 Å². The molecule has 0 atom stereocenters. The van der Waals surface area contributed by atoms with Crippen LogP contribution >= 0.6 is 27.5 Å². The zero-order valence-corrected chi connectivity index (χ0v) is 11.4. The van der Waals surface area contributed by atoms with Crippen molar-refractivity contribution >= 4 is 33.2 Å². The number of aryl methyl sites for hydroxylation is 1. The van der Waals surface area contributed by atoms with Crippen LogP contribution in [-0.2, 0) is 0 Å². The van der Waals surface area contributed by atoms with E-state index in [1.165, 1.54) is 6.20 Å². The summed E-state index contributed by atoms with van der Waals surface area (Å²) in [6.07, 6.45) is 3.15. The quantitative estimate of drug-likeness (QED) is 0.904. The fraction of sp³-hybridized carbons (Fsp3) is 0.0833. The second-order valence-electron chi connectivity index (χ2n) is 3.58. The van der Waals surface area contributed by atoms with Crippen molar-refractivity contribution in [3.05, 3.63) is 45.7 Å². The molecule has 0 saturated heterocycles. The van der Waals surface area contributed by atoms with Gasteiger partial charge < -0.3 is 10.5 Å². The maximum atomic E-state index is 6.09. The molecule has 88 valence electrons. The average Bonchev–Trinajstić information content (AvgIpc) is 2.26. The third kappa shape index (κ3) is 2.70. The van der Waals surface area contributed by atoms with E-state index in [4.69, 9.17) is 22.1 Å². The molecule has 0 radical (unpaired) electrons. The maximum Gasteiger partial charge on any atom is 0.167 e. The van der Waals surface area contributed by atoms with Crippen molar-refractivity contribution in [1.82, 2.24) is 4.98 Å². The molecular weight excluding hydrogens is 304 g/mol. The number of hydrogen-bond donors (Lipinski definition) is 1. The van der Waals surface area contributed by atoms with E-state index < -0.39 is 0 Å². The van der Waals surface area contributed by atoms with Gasteiger partial charge in [-0.15, -0.1) is 0 Å². The minimum absolute atomic E-state index is 0.455. The first-order chi connectivity index (χ1) is 8.08. The standard InChI is InChI=1S/C12H10BrClN2O/c1-7-2-3-11(9(14)4-7)17-12-8(13)5-16-6-10(12)15/h2-6H,15H2,1H3. The Balaban J connectivity index is 2.38. The Bertz CT molecular complexity index is 540. The van der Waals surface area contributed by atoms with Crippen LogP contribution < -0.4 is 10.5 Å². The van der Waals surface area contributed by atoms with Crippen molar-refractivity contribution in [3.8, 4) is 11.5 Å². The monoisotopic (exact) mass is 312 g/mol. The fourth-order valence-electron chi connectivity index (χ4n) is 1.34. The van der Waals surface area contributed by atoms with Crippen LogP contribution in [0.15, 0.2) is 35.1 Å². The van der Waals surface area contributed by atoms with Gasteiger partial charge in [-0.05, 0) is 40.5 Å². The van der Waals surface area contributed by atoms with Crippen LogP contribution in [0.3, 0.4) is 0 Å². The van der Waals surface area contributed by atoms with Crippen molar-refractivity contribution < 1.29 is 4.74 Å². The summed E-state index contributed by atoms with van der Waals surface area (Å²) in [5, 5.41) is 0.549. The lowest BCUT2D eigenvalue weighted by Gasteiger charge is -2.11. The van der Waals surface area contributed by atoms with Crippen LogP contribution in [0.25, 0.3) is 0 Å². The minimum Gasteiger partial charge on any atom is -0.452 e. The molecular formula is C12H10BrClN2O. The van der Waals surface area contributed by atoms with E-state index in [2.05, 4.69) is 20.9 Å². The molecule has 0 aliphatic carbocycles. The van der Waals surface area contributed by atoms with E-state index in [9.17, 15) is 0 Å². The number of nitrogens with zero attached hydrogens (tertiary/aromatic N) is 1. The van der Waals surface area contributed by atoms with Crippen LogP contribution in [0.2, 0.25) is 5.02 Å². The van der Waals surface area contributed by atoms with Gasteiger partial charge in [-0.25, -0.2) is 0 Å². The lowest BCUT2D eigenvalue weighted by atomic mass is 10.2. The van der Waals surface area contributed by atoms with E-state index in [0.717, 1.165) is 5.56 Å². The van der Waals surface area contributed by atoms with E-state index in [1.54, 1.807) is 6.20 Å². The van der Waals surface area contributed by atoms with Crippen molar-refractivity contribution in [1.29, 1.82) is 0 Å². The highest BCUT2D eigenvalue weighted by molar-refractivity contribution is 9.10. The molecule has 0 aliphatic heterocycles. The molecule has 3 nitrogen and oxygen atoms in total. The second kappa shape index (κ2) is 4.94. The van der Waals surface area contributed by atoms with Crippen molar-refractivity contribution in [2.45, 2.75) is 6.92 Å². The number of benzene rings is 1. The summed E-state index contributed by atoms with van der Waals surface area (Å²) in [5.74, 6) is 1.08. The van der Waals surface area contributed by atoms with E-state index in [0.29, 0.717) is 26.7 Å². The van der Waals surface area contributed by atoms with Gasteiger partial charge in [0.1, 0.15) is 5.75 Å². The summed E-state index contributed by atoms with van der Waals surface area (Å²) in [4.78, 5) is 3.94. The Kier molecular flexibility index (Phi) is 3.54. The number of rotatable bonds is 2. The van der Waals surface area contributed by atoms with Gasteiger partial charge in [0.2, 0.25) is 0 Å². The summed E-state index contributed by atoms with van der Waals surface area (Å²) in [5.41, 5.74) is 7.32. The number of nitrogen functional groups attached to an aromatic ring is 1. The van der Waals surface area contributed by atoms with Crippen molar-refractivity contribution in [2.24, 2.45) is 0 Å². The summed E-state index contributed by atoms with van der Waals surface area (Å²) in [6.45, 7) is 1.96. The van der Waals surface area contributed by atoms with E-state index in [1.807, 2.05) is 25.1 Å². The summed E-state index contributed by atoms with van der Waals surface area (Å²) >= 11 is 9.42. The number of ether oxygens (including phenoxy) is 1. The predicted molar refractivity (Wildman–Crippen MR) is 72.6 cm³/mol. The zero-order valence-electron chi connectivity index (χ0n) is 9.08. The zero-order chi connectivity index (χ0) is 12.4. The van der Waals surface area contributed by atoms with E-state index in [-0.39, 0.29) is 0 Å². The number of pyridine rings is 1. The molecule has 0 spiro atoms. The molecule has 0 amide bonds. The van der Waals surface area contributed by atoms with Gasteiger partial charge in [0.15, 0.2) is 5.75 Å². The Morgan fingerprint density at radius 3 is 2.76 bits per heavy atom. The molecule has 17 heavy (non-hydrogen) atoms. The summed E-state index contributed by atoms with van der Waals surface area (Å²) in [7, 11) is 0. The highest BCUT2D eigenvalue weighted by Crippen LogP contribution is 2.37. The van der Waals surface area contributed by atoms with Crippen LogP contribution in [0.4, 0.5) is 5.69 Å². The molecule has 0 aliphatic rings. The summed E-state index contributed by atoms with van der Waals surface area (Å²) in [6, 6.07) is 5.57. The third-order valence-electron chi connectivity index (χ3n) is 2.18. The van der Waals surface area contributed by atoms with Crippen molar-refractivity contribution in [2.75, 3.05) is 5.73 Å². The van der Waals surface area contributed by atoms with Gasteiger partial charge in [0.05, 0.1) is 21.4 Å². The normalized spacial score (nSPS) is 10.3. The van der Waals surface area contributed by atoms with Gasteiger partial charge in [-0.2, -0.15) is 0 Å². The van der Waals surface area contributed by atoms with Crippen LogP contribution in [-0.4, -0.2) is 4.98 Å². The smallest absolute Gasteiger partial charge is 0.167 e. The molecule has 0 saturated carbocycles.